The summed E-state index contributed by atoms with van der Waals surface area (Å²) in [5, 5.41) is 0. The van der Waals surface area contributed by atoms with Crippen LogP contribution in [0.15, 0.2) is 26.6 Å². The van der Waals surface area contributed by atoms with E-state index in [-0.39, 0.29) is 4.83 Å². The van der Waals surface area contributed by atoms with Crippen LogP contribution in [0.1, 0.15) is 26.6 Å². The molecule has 0 amide bonds. The highest BCUT2D eigenvalue weighted by Crippen LogP contribution is 2.39. The first kappa shape index (κ1) is 11.4. The van der Waals surface area contributed by atoms with E-state index in [1.807, 2.05) is 6.92 Å². The highest BCUT2D eigenvalue weighted by molar-refractivity contribution is 9.11. The fraction of sp³-hybridized carbons (Fsp3) is 0.273. The van der Waals surface area contributed by atoms with Gasteiger partial charge in [-0.3, -0.25) is 0 Å². The van der Waals surface area contributed by atoms with Crippen LogP contribution in [0, 0.1) is 13.8 Å². The van der Waals surface area contributed by atoms with Crippen molar-refractivity contribution >= 4 is 43.2 Å². The number of alkyl halides is 1. The molecule has 2 aromatic rings. The smallest absolute Gasteiger partial charge is 0.101 e. The third-order valence-corrected chi connectivity index (χ3v) is 5.70. The van der Waals surface area contributed by atoms with Crippen LogP contribution < -0.4 is 0 Å². The van der Waals surface area contributed by atoms with Crippen molar-refractivity contribution in [3.05, 3.63) is 43.9 Å². The maximum Gasteiger partial charge on any atom is 0.101 e. The molecule has 0 saturated carbocycles. The van der Waals surface area contributed by atoms with E-state index in [9.17, 15) is 0 Å². The molecule has 80 valence electrons. The molecule has 1 unspecified atom stereocenters. The summed E-state index contributed by atoms with van der Waals surface area (Å²) in [6.45, 7) is 4.06. The molecule has 0 aliphatic heterocycles. The minimum Gasteiger partial charge on any atom is -0.469 e. The van der Waals surface area contributed by atoms with Gasteiger partial charge < -0.3 is 4.42 Å². The quantitative estimate of drug-likeness (QED) is 0.678. The van der Waals surface area contributed by atoms with Crippen molar-refractivity contribution in [1.29, 1.82) is 0 Å². The van der Waals surface area contributed by atoms with Gasteiger partial charge in [0.1, 0.15) is 5.76 Å². The van der Waals surface area contributed by atoms with Crippen molar-refractivity contribution in [1.82, 2.24) is 0 Å². The lowest BCUT2D eigenvalue weighted by Gasteiger charge is -2.02. The van der Waals surface area contributed by atoms with Gasteiger partial charge in [0.25, 0.3) is 0 Å². The molecule has 0 bridgehead atoms. The Hall–Kier alpha value is -0.0600. The molecular formula is C11H10Br2OS. The number of hydrogen-bond donors (Lipinski definition) is 0. The summed E-state index contributed by atoms with van der Waals surface area (Å²) in [5.74, 6) is 0.946. The molecule has 15 heavy (non-hydrogen) atoms. The van der Waals surface area contributed by atoms with Gasteiger partial charge in [-0.1, -0.05) is 15.9 Å². The summed E-state index contributed by atoms with van der Waals surface area (Å²) in [5.41, 5.74) is 2.45. The summed E-state index contributed by atoms with van der Waals surface area (Å²) < 4.78 is 6.50. The molecule has 0 aliphatic rings. The predicted octanol–water partition coefficient (Wildman–Crippen LogP) is 5.20. The average molecular weight is 350 g/mol. The number of thiophene rings is 1. The van der Waals surface area contributed by atoms with Gasteiger partial charge in [0, 0.05) is 10.4 Å². The standard InChI is InChI=1S/C11H10Br2OS/c1-6-3-9(15-11(6)13)10(12)8-4-7(2)14-5-8/h3-5,10H,1-2H3. The van der Waals surface area contributed by atoms with Crippen molar-refractivity contribution in [2.24, 2.45) is 0 Å². The Labute approximate surface area is 110 Å². The van der Waals surface area contributed by atoms with E-state index in [0.29, 0.717) is 0 Å². The minimum absolute atomic E-state index is 0.227. The van der Waals surface area contributed by atoms with Crippen LogP contribution in [0.5, 0.6) is 0 Å². The van der Waals surface area contributed by atoms with Crippen molar-refractivity contribution in [3.63, 3.8) is 0 Å². The summed E-state index contributed by atoms with van der Waals surface area (Å²) >= 11 is 8.98. The van der Waals surface area contributed by atoms with Gasteiger partial charge in [-0.25, -0.2) is 0 Å². The number of hydrogen-bond acceptors (Lipinski definition) is 2. The summed E-state index contributed by atoms with van der Waals surface area (Å²) in [4.78, 5) is 1.52. The average Bonchev–Trinajstić information content (AvgIpc) is 2.74. The van der Waals surface area contributed by atoms with Crippen LogP contribution in [0.4, 0.5) is 0 Å². The van der Waals surface area contributed by atoms with Crippen LogP contribution in [-0.2, 0) is 0 Å². The Morgan fingerprint density at radius 1 is 1.33 bits per heavy atom. The second-order valence-corrected chi connectivity index (χ2v) is 6.78. The van der Waals surface area contributed by atoms with Gasteiger partial charge in [0.15, 0.2) is 0 Å². The number of rotatable bonds is 2. The van der Waals surface area contributed by atoms with Crippen LogP contribution in [0.3, 0.4) is 0 Å². The van der Waals surface area contributed by atoms with Crippen molar-refractivity contribution in [3.8, 4) is 0 Å². The van der Waals surface area contributed by atoms with E-state index < -0.39 is 0 Å². The Bertz CT molecular complexity index is 453. The molecule has 2 aromatic heterocycles. The molecule has 0 spiro atoms. The van der Waals surface area contributed by atoms with E-state index >= 15 is 0 Å². The first-order valence-electron chi connectivity index (χ1n) is 4.53. The molecule has 1 atom stereocenters. The maximum absolute atomic E-state index is 5.31. The largest absolute Gasteiger partial charge is 0.469 e. The molecule has 2 rings (SSSR count). The fourth-order valence-corrected chi connectivity index (χ4v) is 3.60. The summed E-state index contributed by atoms with van der Waals surface area (Å²) in [7, 11) is 0. The van der Waals surface area contributed by atoms with Gasteiger partial charge in [-0.15, -0.1) is 11.3 Å². The van der Waals surface area contributed by atoms with Crippen LogP contribution >= 0.6 is 43.2 Å². The highest BCUT2D eigenvalue weighted by atomic mass is 79.9. The number of halogens is 2. The zero-order chi connectivity index (χ0) is 11.0. The molecule has 0 saturated heterocycles. The molecule has 0 aromatic carbocycles. The van der Waals surface area contributed by atoms with Gasteiger partial charge >= 0.3 is 0 Å². The van der Waals surface area contributed by atoms with E-state index in [1.165, 1.54) is 19.8 Å². The molecular weight excluding hydrogens is 340 g/mol. The van der Waals surface area contributed by atoms with Gasteiger partial charge in [-0.05, 0) is 47.5 Å². The van der Waals surface area contributed by atoms with Gasteiger partial charge in [0.05, 0.1) is 14.9 Å². The SMILES string of the molecule is Cc1cc(C(Br)c2cc(C)c(Br)s2)co1. The molecule has 0 fully saturated rings. The summed E-state index contributed by atoms with van der Waals surface area (Å²) in [6, 6.07) is 4.25. The fourth-order valence-electron chi connectivity index (χ4n) is 1.37. The Balaban J connectivity index is 2.31. The predicted molar refractivity (Wildman–Crippen MR) is 71.0 cm³/mol. The monoisotopic (exact) mass is 348 g/mol. The topological polar surface area (TPSA) is 13.1 Å². The van der Waals surface area contributed by atoms with Crippen molar-refractivity contribution in [2.75, 3.05) is 0 Å². The first-order valence-corrected chi connectivity index (χ1v) is 7.05. The first-order chi connectivity index (χ1) is 7.08. The molecule has 1 nitrogen and oxygen atoms in total. The van der Waals surface area contributed by atoms with Crippen LogP contribution in [0.2, 0.25) is 0 Å². The molecule has 0 radical (unpaired) electrons. The van der Waals surface area contributed by atoms with Crippen molar-refractivity contribution < 1.29 is 4.42 Å². The Morgan fingerprint density at radius 2 is 2.07 bits per heavy atom. The molecule has 4 heteroatoms. The minimum atomic E-state index is 0.227. The lowest BCUT2D eigenvalue weighted by atomic mass is 10.2. The van der Waals surface area contributed by atoms with E-state index in [1.54, 1.807) is 17.6 Å². The van der Waals surface area contributed by atoms with Gasteiger partial charge in [-0.2, -0.15) is 0 Å². The zero-order valence-corrected chi connectivity index (χ0v) is 12.4. The Kier molecular flexibility index (Phi) is 3.38. The number of furan rings is 1. The lowest BCUT2D eigenvalue weighted by Crippen LogP contribution is -1.85. The normalized spacial score (nSPS) is 13.1. The second-order valence-electron chi connectivity index (χ2n) is 3.46. The zero-order valence-electron chi connectivity index (χ0n) is 8.38. The molecule has 0 aliphatic carbocycles. The third-order valence-electron chi connectivity index (χ3n) is 2.17. The van der Waals surface area contributed by atoms with E-state index in [2.05, 4.69) is 50.9 Å². The van der Waals surface area contributed by atoms with E-state index in [0.717, 1.165) is 5.76 Å². The molecule has 2 heterocycles. The summed E-state index contributed by atoms with van der Waals surface area (Å²) in [6.07, 6.45) is 1.80. The van der Waals surface area contributed by atoms with Crippen molar-refractivity contribution in [2.45, 2.75) is 18.7 Å². The lowest BCUT2D eigenvalue weighted by molar-refractivity contribution is 0.532. The van der Waals surface area contributed by atoms with Gasteiger partial charge in [0.2, 0.25) is 0 Å². The van der Waals surface area contributed by atoms with E-state index in [4.69, 9.17) is 4.42 Å². The third kappa shape index (κ3) is 2.37. The maximum atomic E-state index is 5.31. The van der Waals surface area contributed by atoms with Crippen LogP contribution in [0.25, 0.3) is 0 Å². The number of aryl methyl sites for hydroxylation is 2. The van der Waals surface area contributed by atoms with Crippen LogP contribution in [-0.4, -0.2) is 0 Å². The second kappa shape index (κ2) is 4.44. The Morgan fingerprint density at radius 3 is 2.53 bits per heavy atom. The highest BCUT2D eigenvalue weighted by Gasteiger charge is 2.15. The molecule has 0 N–H and O–H groups in total.